The number of hydrazine groups is 1. The van der Waals surface area contributed by atoms with E-state index >= 15 is 0 Å². The van der Waals surface area contributed by atoms with Crippen LogP contribution in [-0.2, 0) is 4.79 Å². The second-order valence-corrected chi connectivity index (χ2v) is 2.81. The zero-order chi connectivity index (χ0) is 10.4. The lowest BCUT2D eigenvalue weighted by molar-refractivity contribution is -0.118. The summed E-state index contributed by atoms with van der Waals surface area (Å²) in [5.41, 5.74) is 6.43. The Balaban J connectivity index is 2.53. The van der Waals surface area contributed by atoms with E-state index in [0.717, 1.165) is 5.69 Å². The van der Waals surface area contributed by atoms with Gasteiger partial charge in [-0.1, -0.05) is 12.1 Å². The van der Waals surface area contributed by atoms with Crippen molar-refractivity contribution in [2.45, 2.75) is 0 Å². The highest BCUT2D eigenvalue weighted by Gasteiger charge is 1.96. The summed E-state index contributed by atoms with van der Waals surface area (Å²) in [6, 6.07) is 6.77. The van der Waals surface area contributed by atoms with Crippen LogP contribution >= 0.6 is 12.6 Å². The lowest BCUT2D eigenvalue weighted by Gasteiger charge is -2.06. The number of nitrogens with one attached hydrogen (secondary N) is 2. The van der Waals surface area contributed by atoms with Gasteiger partial charge in [0.25, 0.3) is 0 Å². The topological polar surface area (TPSA) is 45.5 Å². The Bertz CT molecular complexity index is 355. The maximum Gasteiger partial charge on any atom is 0.248 e. The normalized spacial score (nSPS) is 8.86. The molecule has 14 heavy (non-hydrogen) atoms. The molecule has 0 unspecified atom stereocenters. The van der Waals surface area contributed by atoms with E-state index in [1.165, 1.54) is 0 Å². The molecule has 0 aliphatic carbocycles. The zero-order valence-electron chi connectivity index (χ0n) is 7.32. The molecule has 1 aromatic carbocycles. The van der Waals surface area contributed by atoms with Gasteiger partial charge >= 0.3 is 0 Å². The number of carbonyl (C=O) groups excluding carboxylic acids is 1. The fourth-order valence-electron chi connectivity index (χ4n) is 0.801. The van der Waals surface area contributed by atoms with Crippen molar-refractivity contribution in [3.8, 4) is 0 Å². The van der Waals surface area contributed by atoms with Gasteiger partial charge in [0.2, 0.25) is 5.91 Å². The molecule has 0 aliphatic rings. The number of rotatable bonds is 3. The average Bonchev–Trinajstić information content (AvgIpc) is 2.26. The molecule has 0 radical (unpaired) electrons. The summed E-state index contributed by atoms with van der Waals surface area (Å²) >= 11 is 3.80. The molecule has 5 heteroatoms. The molecule has 0 heterocycles. The Labute approximate surface area is 87.5 Å². The van der Waals surface area contributed by atoms with Crippen LogP contribution in [0.5, 0.6) is 0 Å². The first-order valence-corrected chi connectivity index (χ1v) is 4.52. The molecule has 2 N–H and O–H groups in total. The Kier molecular flexibility index (Phi) is 3.83. The minimum atomic E-state index is -0.206. The van der Waals surface area contributed by atoms with E-state index in [9.17, 15) is 4.79 Å². The van der Waals surface area contributed by atoms with E-state index in [1.807, 2.05) is 0 Å². The summed E-state index contributed by atoms with van der Waals surface area (Å²) in [4.78, 5) is 14.1. The van der Waals surface area contributed by atoms with Crippen LogP contribution in [0.4, 0.5) is 11.4 Å². The number of hydrogen-bond donors (Lipinski definition) is 3. The Hall–Kier alpha value is -1.67. The number of benzene rings is 1. The van der Waals surface area contributed by atoms with E-state index < -0.39 is 0 Å². The smallest absolute Gasteiger partial charge is 0.248 e. The van der Waals surface area contributed by atoms with Gasteiger partial charge in [-0.3, -0.25) is 15.6 Å². The Morgan fingerprint density at radius 3 is 2.57 bits per heavy atom. The Morgan fingerprint density at radius 1 is 1.43 bits per heavy atom. The second kappa shape index (κ2) is 5.14. The van der Waals surface area contributed by atoms with E-state index in [4.69, 9.17) is 6.57 Å². The van der Waals surface area contributed by atoms with Gasteiger partial charge in [-0.25, -0.2) is 4.85 Å². The number of nitrogens with zero attached hydrogens (tertiary/aromatic N) is 1. The predicted octanol–water partition coefficient (Wildman–Crippen LogP) is 1.61. The Morgan fingerprint density at radius 2 is 2.07 bits per heavy atom. The standard InChI is InChI=1S/C9H9N3OS/c1-10-7-2-4-8(5-3-7)11-12-9(13)6-14/h2-5,11,14H,6H2,(H,12,13). The highest BCUT2D eigenvalue weighted by atomic mass is 32.1. The van der Waals surface area contributed by atoms with E-state index in [1.54, 1.807) is 24.3 Å². The van der Waals surface area contributed by atoms with Crippen LogP contribution in [0, 0.1) is 6.57 Å². The van der Waals surface area contributed by atoms with Crippen molar-refractivity contribution in [3.63, 3.8) is 0 Å². The second-order valence-electron chi connectivity index (χ2n) is 2.49. The lowest BCUT2D eigenvalue weighted by Crippen LogP contribution is -2.30. The molecule has 1 amide bonds. The molecule has 0 fully saturated rings. The van der Waals surface area contributed by atoms with Crippen LogP contribution < -0.4 is 10.9 Å². The molecule has 0 spiro atoms. The average molecular weight is 207 g/mol. The van der Waals surface area contributed by atoms with E-state index in [-0.39, 0.29) is 11.7 Å². The van der Waals surface area contributed by atoms with Gasteiger partial charge in [-0.15, -0.1) is 0 Å². The molecule has 4 nitrogen and oxygen atoms in total. The summed E-state index contributed by atoms with van der Waals surface area (Å²) in [5.74, 6) is -0.0739. The van der Waals surface area contributed by atoms with Crippen molar-refractivity contribution in [2.75, 3.05) is 11.2 Å². The number of hydrogen-bond acceptors (Lipinski definition) is 3. The molecule has 0 saturated heterocycles. The molecule has 0 aliphatic heterocycles. The number of carbonyl (C=O) groups is 1. The highest BCUT2D eigenvalue weighted by Crippen LogP contribution is 2.14. The van der Waals surface area contributed by atoms with Crippen molar-refractivity contribution >= 4 is 29.9 Å². The largest absolute Gasteiger partial charge is 0.299 e. The van der Waals surface area contributed by atoms with Crippen molar-refractivity contribution in [3.05, 3.63) is 35.7 Å². The summed E-state index contributed by atoms with van der Waals surface area (Å²) in [5, 5.41) is 0. The van der Waals surface area contributed by atoms with Gasteiger partial charge in [-0.05, 0) is 12.1 Å². The highest BCUT2D eigenvalue weighted by molar-refractivity contribution is 7.81. The molecule has 0 saturated carbocycles. The van der Waals surface area contributed by atoms with Crippen LogP contribution in [0.15, 0.2) is 24.3 Å². The first-order chi connectivity index (χ1) is 6.76. The third-order valence-corrected chi connectivity index (χ3v) is 1.77. The molecule has 0 bridgehead atoms. The summed E-state index contributed by atoms with van der Waals surface area (Å²) in [7, 11) is 0. The monoisotopic (exact) mass is 207 g/mol. The predicted molar refractivity (Wildman–Crippen MR) is 58.3 cm³/mol. The molecular formula is C9H9N3OS. The van der Waals surface area contributed by atoms with Crippen LogP contribution in [0.2, 0.25) is 0 Å². The van der Waals surface area contributed by atoms with Crippen molar-refractivity contribution in [2.24, 2.45) is 0 Å². The molecule has 0 aromatic heterocycles. The number of anilines is 1. The summed E-state index contributed by atoms with van der Waals surface area (Å²) in [6.07, 6.45) is 0. The van der Waals surface area contributed by atoms with Crippen LogP contribution in [0.25, 0.3) is 4.85 Å². The maximum absolute atomic E-state index is 10.8. The number of amides is 1. The van der Waals surface area contributed by atoms with E-state index in [0.29, 0.717) is 5.69 Å². The van der Waals surface area contributed by atoms with Crippen LogP contribution in [-0.4, -0.2) is 11.7 Å². The van der Waals surface area contributed by atoms with Gasteiger partial charge in [0.1, 0.15) is 0 Å². The van der Waals surface area contributed by atoms with Crippen molar-refractivity contribution in [1.29, 1.82) is 0 Å². The fourth-order valence-corrected chi connectivity index (χ4v) is 0.880. The first kappa shape index (κ1) is 10.4. The maximum atomic E-state index is 10.8. The molecule has 72 valence electrons. The third-order valence-electron chi connectivity index (χ3n) is 1.49. The van der Waals surface area contributed by atoms with Crippen LogP contribution in [0.3, 0.4) is 0 Å². The van der Waals surface area contributed by atoms with Gasteiger partial charge in [0, 0.05) is 0 Å². The van der Waals surface area contributed by atoms with Gasteiger partial charge in [-0.2, -0.15) is 12.6 Å². The SMILES string of the molecule is [C-]#[N+]c1ccc(NNC(=O)CS)cc1. The third kappa shape index (κ3) is 2.99. The zero-order valence-corrected chi connectivity index (χ0v) is 8.21. The van der Waals surface area contributed by atoms with Crippen molar-refractivity contribution in [1.82, 2.24) is 5.43 Å². The van der Waals surface area contributed by atoms with Gasteiger partial charge in [0.15, 0.2) is 5.69 Å². The quantitative estimate of drug-likeness (QED) is 0.400. The molecule has 0 atom stereocenters. The molecular weight excluding hydrogens is 198 g/mol. The van der Waals surface area contributed by atoms with Crippen molar-refractivity contribution < 1.29 is 4.79 Å². The lowest BCUT2D eigenvalue weighted by atomic mass is 10.3. The fraction of sp³-hybridized carbons (Fsp3) is 0.111. The molecule has 1 rings (SSSR count). The van der Waals surface area contributed by atoms with E-state index in [2.05, 4.69) is 28.3 Å². The van der Waals surface area contributed by atoms with Crippen LogP contribution in [0.1, 0.15) is 0 Å². The minimum Gasteiger partial charge on any atom is -0.299 e. The summed E-state index contributed by atoms with van der Waals surface area (Å²) < 4.78 is 0. The van der Waals surface area contributed by atoms with Gasteiger partial charge in [0.05, 0.1) is 18.0 Å². The summed E-state index contributed by atoms with van der Waals surface area (Å²) in [6.45, 7) is 6.74. The minimum absolute atomic E-state index is 0.132. The van der Waals surface area contributed by atoms with Gasteiger partial charge < -0.3 is 0 Å². The first-order valence-electron chi connectivity index (χ1n) is 3.89. The number of thiol groups is 1. The molecule has 1 aromatic rings.